The molecule has 2 aromatic rings. The van der Waals surface area contributed by atoms with Gasteiger partial charge < -0.3 is 4.48 Å². The molecule has 2 heteroatoms. The van der Waals surface area contributed by atoms with Crippen molar-refractivity contribution < 1.29 is 4.48 Å². The maximum absolute atomic E-state index is 2.48. The summed E-state index contributed by atoms with van der Waals surface area (Å²) in [5.41, 5.74) is 4.23. The molecule has 22 heavy (non-hydrogen) atoms. The van der Waals surface area contributed by atoms with E-state index in [0.29, 0.717) is 0 Å². The highest BCUT2D eigenvalue weighted by atomic mass is 28.3. The van der Waals surface area contributed by atoms with Gasteiger partial charge in [-0.25, -0.2) is 0 Å². The van der Waals surface area contributed by atoms with Crippen molar-refractivity contribution in [3.63, 3.8) is 0 Å². The summed E-state index contributed by atoms with van der Waals surface area (Å²) in [6, 6.07) is 20.0. The van der Waals surface area contributed by atoms with Crippen LogP contribution < -0.4 is 0 Å². The fraction of sp³-hybridized carbons (Fsp3) is 0.400. The first-order chi connectivity index (χ1) is 10.3. The van der Waals surface area contributed by atoms with E-state index >= 15 is 0 Å². The lowest BCUT2D eigenvalue weighted by atomic mass is 10.1. The maximum Gasteiger partial charge on any atom is 0.110 e. The van der Waals surface area contributed by atoms with Crippen LogP contribution in [0.5, 0.6) is 0 Å². The van der Waals surface area contributed by atoms with E-state index in [1.807, 2.05) is 0 Å². The van der Waals surface area contributed by atoms with Crippen molar-refractivity contribution in [2.45, 2.75) is 39.7 Å². The Balaban J connectivity index is 2.22. The average molecular weight is 313 g/mol. The highest BCUT2D eigenvalue weighted by Gasteiger charge is 2.30. The van der Waals surface area contributed by atoms with Crippen LogP contribution in [-0.2, 0) is 13.1 Å². The molecule has 118 valence electrons. The fourth-order valence-corrected chi connectivity index (χ4v) is 5.99. The topological polar surface area (TPSA) is 0 Å². The minimum atomic E-state index is -1.14. The summed E-state index contributed by atoms with van der Waals surface area (Å²) in [6.45, 7) is 11.8. The molecule has 0 fully saturated rings. The lowest BCUT2D eigenvalue weighted by molar-refractivity contribution is -0.926. The molecule has 1 nitrogen and oxygen atoms in total. The number of hydrogen-bond donors (Lipinski definition) is 0. The molecule has 0 aliphatic carbocycles. The van der Waals surface area contributed by atoms with Crippen molar-refractivity contribution >= 4 is 8.07 Å². The third-order valence-electron chi connectivity index (χ3n) is 3.95. The quantitative estimate of drug-likeness (QED) is 0.519. The van der Waals surface area contributed by atoms with E-state index in [0.717, 1.165) is 17.6 Å². The van der Waals surface area contributed by atoms with Gasteiger partial charge in [0.05, 0.1) is 13.2 Å². The van der Waals surface area contributed by atoms with Crippen LogP contribution >= 0.6 is 0 Å². The van der Waals surface area contributed by atoms with E-state index in [1.165, 1.54) is 22.9 Å². The standard InChI is InChI=1S/C20H30NSi/c1-18-11-13-20(14-12-18)16-21(2,17-22(3,4)5)15-19-9-7-6-8-10-19/h6-14H,15-17H2,1-5H3/q+1. The zero-order valence-electron chi connectivity index (χ0n) is 14.8. The predicted molar refractivity (Wildman–Crippen MR) is 99.4 cm³/mol. The molecule has 1 atom stereocenters. The summed E-state index contributed by atoms with van der Waals surface area (Å²) in [5.74, 6) is 0. The number of quaternary nitrogens is 1. The minimum absolute atomic E-state index is 1.10. The summed E-state index contributed by atoms with van der Waals surface area (Å²) < 4.78 is 1.10. The van der Waals surface area contributed by atoms with Crippen molar-refractivity contribution in [2.24, 2.45) is 0 Å². The minimum Gasteiger partial charge on any atom is -0.322 e. The monoisotopic (exact) mass is 312 g/mol. The zero-order valence-corrected chi connectivity index (χ0v) is 15.8. The van der Waals surface area contributed by atoms with Gasteiger partial charge in [0.2, 0.25) is 0 Å². The van der Waals surface area contributed by atoms with Crippen molar-refractivity contribution in [2.75, 3.05) is 13.2 Å². The van der Waals surface area contributed by atoms with Crippen LogP contribution in [-0.4, -0.2) is 25.8 Å². The molecule has 0 radical (unpaired) electrons. The molecule has 0 aliphatic heterocycles. The Bertz CT molecular complexity index is 583. The molecule has 0 N–H and O–H groups in total. The third-order valence-corrected chi connectivity index (χ3v) is 5.66. The number of benzene rings is 2. The largest absolute Gasteiger partial charge is 0.322 e. The van der Waals surface area contributed by atoms with Crippen molar-refractivity contribution in [3.05, 3.63) is 71.3 Å². The van der Waals surface area contributed by atoms with Gasteiger partial charge >= 0.3 is 0 Å². The first-order valence-electron chi connectivity index (χ1n) is 8.19. The Morgan fingerprint density at radius 1 is 0.773 bits per heavy atom. The second-order valence-corrected chi connectivity index (χ2v) is 13.6. The van der Waals surface area contributed by atoms with Crippen LogP contribution in [0.25, 0.3) is 0 Å². The van der Waals surface area contributed by atoms with Gasteiger partial charge in [0.1, 0.15) is 21.2 Å². The van der Waals surface area contributed by atoms with E-state index in [1.54, 1.807) is 0 Å². The first kappa shape index (κ1) is 17.0. The van der Waals surface area contributed by atoms with Gasteiger partial charge in [0.25, 0.3) is 0 Å². The molecule has 2 aromatic carbocycles. The molecule has 0 aliphatic rings. The Morgan fingerprint density at radius 2 is 1.27 bits per heavy atom. The van der Waals surface area contributed by atoms with Gasteiger partial charge in [-0.05, 0) is 6.92 Å². The van der Waals surface area contributed by atoms with Crippen LogP contribution in [0.4, 0.5) is 0 Å². The van der Waals surface area contributed by atoms with Gasteiger partial charge in [-0.1, -0.05) is 79.8 Å². The molecule has 0 spiro atoms. The molecule has 2 rings (SSSR count). The molecule has 0 saturated heterocycles. The van der Waals surface area contributed by atoms with Crippen LogP contribution in [0.1, 0.15) is 16.7 Å². The van der Waals surface area contributed by atoms with Gasteiger partial charge in [-0.2, -0.15) is 0 Å². The Morgan fingerprint density at radius 3 is 1.77 bits per heavy atom. The summed E-state index contributed by atoms with van der Waals surface area (Å²) in [6.07, 6.45) is 1.30. The third kappa shape index (κ3) is 5.43. The van der Waals surface area contributed by atoms with Crippen molar-refractivity contribution in [1.29, 1.82) is 0 Å². The first-order valence-corrected chi connectivity index (χ1v) is 11.9. The van der Waals surface area contributed by atoms with E-state index in [4.69, 9.17) is 0 Å². The molecular formula is C20H30NSi+. The molecular weight excluding hydrogens is 282 g/mol. The number of nitrogens with zero attached hydrogens (tertiary/aromatic N) is 1. The Labute approximate surface area is 137 Å². The van der Waals surface area contributed by atoms with Gasteiger partial charge in [-0.3, -0.25) is 0 Å². The SMILES string of the molecule is Cc1ccc(C[N+](C)(Cc2ccccc2)C[Si](C)(C)C)cc1. The number of aryl methyl sites for hydroxylation is 1. The Kier molecular flexibility index (Phi) is 5.25. The lowest BCUT2D eigenvalue weighted by Gasteiger charge is -2.39. The zero-order chi connectivity index (χ0) is 16.2. The van der Waals surface area contributed by atoms with Gasteiger partial charge in [-0.15, -0.1) is 0 Å². The number of rotatable bonds is 6. The van der Waals surface area contributed by atoms with E-state index in [9.17, 15) is 0 Å². The Hall–Kier alpha value is -1.38. The van der Waals surface area contributed by atoms with Crippen LogP contribution in [0.2, 0.25) is 19.6 Å². The second kappa shape index (κ2) is 6.80. The summed E-state index contributed by atoms with van der Waals surface area (Å²) in [7, 11) is 1.28. The predicted octanol–water partition coefficient (Wildman–Crippen LogP) is 5.02. The van der Waals surface area contributed by atoms with Crippen LogP contribution in [0.15, 0.2) is 54.6 Å². The maximum atomic E-state index is 2.48. The van der Waals surface area contributed by atoms with Gasteiger partial charge in [0, 0.05) is 11.1 Å². The molecule has 0 saturated carbocycles. The smallest absolute Gasteiger partial charge is 0.110 e. The summed E-state index contributed by atoms with van der Waals surface area (Å²) in [4.78, 5) is 0. The molecule has 0 bridgehead atoms. The van der Waals surface area contributed by atoms with E-state index in [-0.39, 0.29) is 0 Å². The highest BCUT2D eigenvalue weighted by molar-refractivity contribution is 6.75. The number of hydrogen-bond acceptors (Lipinski definition) is 0. The highest BCUT2D eigenvalue weighted by Crippen LogP contribution is 2.21. The summed E-state index contributed by atoms with van der Waals surface area (Å²) >= 11 is 0. The molecule has 0 amide bonds. The summed E-state index contributed by atoms with van der Waals surface area (Å²) in [5, 5.41) is 0. The van der Waals surface area contributed by atoms with E-state index in [2.05, 4.69) is 88.2 Å². The molecule has 0 heterocycles. The molecule has 0 aromatic heterocycles. The second-order valence-electron chi connectivity index (χ2n) is 8.13. The normalized spacial score (nSPS) is 14.6. The molecule has 1 unspecified atom stereocenters. The van der Waals surface area contributed by atoms with Gasteiger partial charge in [0.15, 0.2) is 0 Å². The van der Waals surface area contributed by atoms with Crippen molar-refractivity contribution in [1.82, 2.24) is 0 Å². The fourth-order valence-electron chi connectivity index (χ4n) is 3.47. The van der Waals surface area contributed by atoms with Crippen molar-refractivity contribution in [3.8, 4) is 0 Å². The van der Waals surface area contributed by atoms with Crippen LogP contribution in [0.3, 0.4) is 0 Å². The lowest BCUT2D eigenvalue weighted by Crippen LogP contribution is -2.52. The average Bonchev–Trinajstić information content (AvgIpc) is 2.40. The van der Waals surface area contributed by atoms with Crippen LogP contribution in [0, 0.1) is 6.92 Å². The van der Waals surface area contributed by atoms with E-state index < -0.39 is 8.07 Å².